The van der Waals surface area contributed by atoms with Crippen LogP contribution in [0.1, 0.15) is 37.0 Å². The topological polar surface area (TPSA) is 110 Å². The van der Waals surface area contributed by atoms with Crippen LogP contribution in [-0.2, 0) is 10.0 Å². The molecule has 8 nitrogen and oxygen atoms in total. The largest absolute Gasteiger partial charge is 0.322 e. The van der Waals surface area contributed by atoms with Crippen molar-refractivity contribution in [2.24, 2.45) is 0 Å². The molecule has 0 radical (unpaired) electrons. The van der Waals surface area contributed by atoms with E-state index < -0.39 is 20.9 Å². The molecule has 0 saturated heterocycles. The lowest BCUT2D eigenvalue weighted by atomic mass is 10.2. The van der Waals surface area contributed by atoms with Crippen molar-refractivity contribution in [2.75, 3.05) is 18.4 Å². The number of non-ortho nitro benzene ring substituents is 1. The maximum absolute atomic E-state index is 12.9. The van der Waals surface area contributed by atoms with Gasteiger partial charge in [0.15, 0.2) is 0 Å². The minimum Gasteiger partial charge on any atom is -0.322 e. The highest BCUT2D eigenvalue weighted by atomic mass is 32.2. The molecule has 1 N–H and O–H groups in total. The van der Waals surface area contributed by atoms with Gasteiger partial charge < -0.3 is 5.32 Å². The van der Waals surface area contributed by atoms with Crippen LogP contribution in [-0.4, -0.2) is 36.6 Å². The molecule has 0 saturated carbocycles. The predicted octanol–water partition coefficient (Wildman–Crippen LogP) is 3.66. The standard InChI is InChI=1S/C19H23N3O5S/c1-3-11-21(12-4-2)28(26,27)18-10-5-7-15(13-18)19(23)20-16-8-6-9-17(14-16)22(24)25/h5-10,13-14H,3-4,11-12H2,1-2H3,(H,20,23). The second-order valence-corrected chi connectivity index (χ2v) is 8.13. The molecule has 0 spiro atoms. The second-order valence-electron chi connectivity index (χ2n) is 6.19. The SMILES string of the molecule is CCCN(CCC)S(=O)(=O)c1cccc(C(=O)Nc2cccc([N+](=O)[O-])c2)c1. The molecule has 0 aliphatic heterocycles. The van der Waals surface area contributed by atoms with Crippen molar-refractivity contribution in [3.63, 3.8) is 0 Å². The van der Waals surface area contributed by atoms with Crippen LogP contribution in [0.4, 0.5) is 11.4 Å². The number of anilines is 1. The van der Waals surface area contributed by atoms with Crippen LogP contribution in [0.5, 0.6) is 0 Å². The Morgan fingerprint density at radius 3 is 2.32 bits per heavy atom. The van der Waals surface area contributed by atoms with Crippen LogP contribution in [0.2, 0.25) is 0 Å². The molecule has 28 heavy (non-hydrogen) atoms. The zero-order valence-electron chi connectivity index (χ0n) is 15.8. The molecule has 0 aliphatic rings. The predicted molar refractivity (Wildman–Crippen MR) is 107 cm³/mol. The summed E-state index contributed by atoms with van der Waals surface area (Å²) < 4.78 is 27.2. The fraction of sp³-hybridized carbons (Fsp3) is 0.316. The van der Waals surface area contributed by atoms with E-state index in [1.807, 2.05) is 13.8 Å². The smallest absolute Gasteiger partial charge is 0.271 e. The Kier molecular flexibility index (Phi) is 7.24. The number of benzene rings is 2. The number of hydrogen-bond donors (Lipinski definition) is 1. The lowest BCUT2D eigenvalue weighted by Crippen LogP contribution is -2.32. The van der Waals surface area contributed by atoms with E-state index in [9.17, 15) is 23.3 Å². The second kappa shape index (κ2) is 9.43. The lowest BCUT2D eigenvalue weighted by Gasteiger charge is -2.21. The highest BCUT2D eigenvalue weighted by molar-refractivity contribution is 7.89. The van der Waals surface area contributed by atoms with E-state index in [-0.39, 0.29) is 21.8 Å². The molecular formula is C19H23N3O5S. The minimum atomic E-state index is -3.71. The van der Waals surface area contributed by atoms with Gasteiger partial charge in [0, 0.05) is 36.5 Å². The first kappa shape index (κ1) is 21.5. The normalized spacial score (nSPS) is 11.4. The number of rotatable bonds is 9. The molecule has 0 atom stereocenters. The van der Waals surface area contributed by atoms with Gasteiger partial charge in [-0.3, -0.25) is 14.9 Å². The summed E-state index contributed by atoms with van der Waals surface area (Å²) in [5, 5.41) is 13.4. The fourth-order valence-electron chi connectivity index (χ4n) is 2.70. The van der Waals surface area contributed by atoms with E-state index in [1.54, 1.807) is 0 Å². The molecule has 2 aromatic rings. The molecule has 0 heterocycles. The van der Waals surface area contributed by atoms with E-state index in [0.717, 1.165) is 0 Å². The lowest BCUT2D eigenvalue weighted by molar-refractivity contribution is -0.384. The maximum atomic E-state index is 12.9. The molecule has 9 heteroatoms. The Morgan fingerprint density at radius 1 is 1.07 bits per heavy atom. The third-order valence-corrected chi connectivity index (χ3v) is 5.89. The molecule has 2 aromatic carbocycles. The third-order valence-electron chi connectivity index (χ3n) is 3.99. The summed E-state index contributed by atoms with van der Waals surface area (Å²) >= 11 is 0. The van der Waals surface area contributed by atoms with Crippen LogP contribution in [0.25, 0.3) is 0 Å². The van der Waals surface area contributed by atoms with Gasteiger partial charge in [0.2, 0.25) is 10.0 Å². The molecular weight excluding hydrogens is 382 g/mol. The number of nitro benzene ring substituents is 1. The quantitative estimate of drug-likeness (QED) is 0.506. The third kappa shape index (κ3) is 5.14. The van der Waals surface area contributed by atoms with Gasteiger partial charge in [-0.1, -0.05) is 26.0 Å². The zero-order valence-corrected chi connectivity index (χ0v) is 16.6. The van der Waals surface area contributed by atoms with Gasteiger partial charge in [0.05, 0.1) is 9.82 Å². The van der Waals surface area contributed by atoms with Gasteiger partial charge in [0.25, 0.3) is 11.6 Å². The molecule has 2 rings (SSSR count). The Morgan fingerprint density at radius 2 is 1.71 bits per heavy atom. The molecule has 0 bridgehead atoms. The Labute approximate surface area is 164 Å². The van der Waals surface area contributed by atoms with Crippen molar-refractivity contribution in [1.82, 2.24) is 4.31 Å². The summed E-state index contributed by atoms with van der Waals surface area (Å²) in [5.74, 6) is -0.546. The van der Waals surface area contributed by atoms with Gasteiger partial charge in [-0.25, -0.2) is 8.42 Å². The van der Waals surface area contributed by atoms with Gasteiger partial charge in [0.1, 0.15) is 0 Å². The van der Waals surface area contributed by atoms with E-state index in [4.69, 9.17) is 0 Å². The van der Waals surface area contributed by atoms with Crippen LogP contribution >= 0.6 is 0 Å². The van der Waals surface area contributed by atoms with Crippen molar-refractivity contribution in [2.45, 2.75) is 31.6 Å². The average molecular weight is 405 g/mol. The summed E-state index contributed by atoms with van der Waals surface area (Å²) in [5.41, 5.74) is 0.260. The molecule has 0 fully saturated rings. The number of nitrogens with one attached hydrogen (secondary N) is 1. The number of hydrogen-bond acceptors (Lipinski definition) is 5. The van der Waals surface area contributed by atoms with E-state index in [2.05, 4.69) is 5.32 Å². The number of carbonyl (C=O) groups is 1. The minimum absolute atomic E-state index is 0.0427. The van der Waals surface area contributed by atoms with Crippen molar-refractivity contribution in [1.29, 1.82) is 0 Å². The summed E-state index contributed by atoms with van der Waals surface area (Å²) in [6.07, 6.45) is 1.37. The Balaban J connectivity index is 2.28. The first-order valence-corrected chi connectivity index (χ1v) is 10.4. The van der Waals surface area contributed by atoms with Gasteiger partial charge in [-0.2, -0.15) is 4.31 Å². The number of sulfonamides is 1. The zero-order chi connectivity index (χ0) is 20.7. The van der Waals surface area contributed by atoms with Crippen molar-refractivity contribution >= 4 is 27.3 Å². The van der Waals surface area contributed by atoms with Gasteiger partial charge in [-0.05, 0) is 37.1 Å². The van der Waals surface area contributed by atoms with Crippen LogP contribution in [0.3, 0.4) is 0 Å². The first-order chi connectivity index (χ1) is 13.3. The van der Waals surface area contributed by atoms with Crippen molar-refractivity contribution in [3.8, 4) is 0 Å². The molecule has 0 aromatic heterocycles. The van der Waals surface area contributed by atoms with Crippen LogP contribution in [0, 0.1) is 10.1 Å². The summed E-state index contributed by atoms with van der Waals surface area (Å²) in [6.45, 7) is 4.61. The monoisotopic (exact) mass is 405 g/mol. The Hall–Kier alpha value is -2.78. The average Bonchev–Trinajstić information content (AvgIpc) is 2.68. The van der Waals surface area contributed by atoms with Crippen LogP contribution < -0.4 is 5.32 Å². The summed E-state index contributed by atoms with van der Waals surface area (Å²) in [6, 6.07) is 11.3. The highest BCUT2D eigenvalue weighted by Crippen LogP contribution is 2.20. The van der Waals surface area contributed by atoms with E-state index in [0.29, 0.717) is 25.9 Å². The van der Waals surface area contributed by atoms with E-state index in [1.165, 1.54) is 52.8 Å². The Bertz CT molecular complexity index is 954. The number of nitro groups is 1. The van der Waals surface area contributed by atoms with Crippen LogP contribution in [0.15, 0.2) is 53.4 Å². The van der Waals surface area contributed by atoms with Crippen molar-refractivity contribution in [3.05, 3.63) is 64.2 Å². The highest BCUT2D eigenvalue weighted by Gasteiger charge is 2.24. The summed E-state index contributed by atoms with van der Waals surface area (Å²) in [7, 11) is -3.71. The first-order valence-electron chi connectivity index (χ1n) is 8.95. The van der Waals surface area contributed by atoms with E-state index >= 15 is 0 Å². The van der Waals surface area contributed by atoms with Gasteiger partial charge >= 0.3 is 0 Å². The number of amides is 1. The van der Waals surface area contributed by atoms with Crippen molar-refractivity contribution < 1.29 is 18.1 Å². The molecule has 0 aliphatic carbocycles. The maximum Gasteiger partial charge on any atom is 0.271 e. The molecule has 1 amide bonds. The number of carbonyl (C=O) groups excluding carboxylic acids is 1. The summed E-state index contributed by atoms with van der Waals surface area (Å²) in [4.78, 5) is 22.8. The fourth-order valence-corrected chi connectivity index (χ4v) is 4.37. The molecule has 0 unspecified atom stereocenters. The molecule has 150 valence electrons. The van der Waals surface area contributed by atoms with Gasteiger partial charge in [-0.15, -0.1) is 0 Å². The number of nitrogens with zero attached hydrogens (tertiary/aromatic N) is 2.